The molecule has 0 aliphatic heterocycles. The summed E-state index contributed by atoms with van der Waals surface area (Å²) in [5, 5.41) is 12.2. The fraction of sp³-hybridized carbons (Fsp3) is 0.0769. The van der Waals surface area contributed by atoms with Crippen LogP contribution < -0.4 is 5.32 Å². The van der Waals surface area contributed by atoms with Crippen molar-refractivity contribution in [2.75, 3.05) is 0 Å². The number of rotatable bonds is 7. The molecule has 3 aromatic carbocycles. The minimum atomic E-state index is -1.11. The molecule has 0 bridgehead atoms. The molecule has 1 aromatic heterocycles. The number of carbonyl (C=O) groups is 2. The van der Waals surface area contributed by atoms with Gasteiger partial charge in [-0.15, -0.1) is 0 Å². The minimum Gasteiger partial charge on any atom is -0.480 e. The molecule has 0 fully saturated rings. The first-order chi connectivity index (χ1) is 15.6. The summed E-state index contributed by atoms with van der Waals surface area (Å²) in [4.78, 5) is 33.7. The average molecular weight is 423 g/mol. The minimum absolute atomic E-state index is 0.0582. The highest BCUT2D eigenvalue weighted by Gasteiger charge is 2.23. The van der Waals surface area contributed by atoms with Gasteiger partial charge in [-0.2, -0.15) is 0 Å². The van der Waals surface area contributed by atoms with Gasteiger partial charge in [0.1, 0.15) is 11.7 Å². The van der Waals surface area contributed by atoms with Gasteiger partial charge in [0, 0.05) is 17.5 Å². The first kappa shape index (κ1) is 20.9. The molecule has 0 radical (unpaired) electrons. The summed E-state index contributed by atoms with van der Waals surface area (Å²) in [5.41, 5.74) is 3.76. The topological polar surface area (TPSA) is 92.2 Å². The number of benzene rings is 3. The van der Waals surface area contributed by atoms with E-state index in [1.54, 1.807) is 0 Å². The molecule has 158 valence electrons. The second kappa shape index (κ2) is 9.66. The number of aliphatic carboxylic acids is 1. The van der Waals surface area contributed by atoms with Gasteiger partial charge in [-0.25, -0.2) is 9.78 Å². The van der Waals surface area contributed by atoms with Gasteiger partial charge in [0.05, 0.1) is 17.6 Å². The molecule has 0 unspecified atom stereocenters. The zero-order chi connectivity index (χ0) is 22.3. The Hall–Kier alpha value is -4.32. The third-order valence-corrected chi connectivity index (χ3v) is 4.99. The van der Waals surface area contributed by atoms with Crippen molar-refractivity contribution in [1.82, 2.24) is 15.3 Å². The molecule has 6 heteroatoms. The first-order valence-electron chi connectivity index (χ1n) is 10.2. The second-order valence-corrected chi connectivity index (χ2v) is 7.24. The van der Waals surface area contributed by atoms with Crippen LogP contribution in [-0.4, -0.2) is 33.0 Å². The summed E-state index contributed by atoms with van der Waals surface area (Å²) in [7, 11) is 0. The van der Waals surface area contributed by atoms with Crippen molar-refractivity contribution in [3.05, 3.63) is 108 Å². The van der Waals surface area contributed by atoms with Gasteiger partial charge >= 0.3 is 5.97 Å². The highest BCUT2D eigenvalue weighted by atomic mass is 16.4. The number of nitrogens with zero attached hydrogens (tertiary/aromatic N) is 2. The second-order valence-electron chi connectivity index (χ2n) is 7.24. The van der Waals surface area contributed by atoms with Crippen molar-refractivity contribution < 1.29 is 14.7 Å². The van der Waals surface area contributed by atoms with Gasteiger partial charge in [-0.05, 0) is 5.56 Å². The number of aromatic nitrogens is 2. The summed E-state index contributed by atoms with van der Waals surface area (Å²) >= 11 is 0. The van der Waals surface area contributed by atoms with E-state index in [1.807, 2.05) is 91.0 Å². The molecule has 0 saturated heterocycles. The van der Waals surface area contributed by atoms with Crippen LogP contribution in [0.1, 0.15) is 16.1 Å². The zero-order valence-electron chi connectivity index (χ0n) is 17.2. The molecule has 0 saturated carbocycles. The number of carboxylic acids is 1. The van der Waals surface area contributed by atoms with Crippen LogP contribution in [0.2, 0.25) is 0 Å². The lowest BCUT2D eigenvalue weighted by Crippen LogP contribution is -2.42. The highest BCUT2D eigenvalue weighted by molar-refractivity contribution is 5.96. The Morgan fingerprint density at radius 2 is 1.31 bits per heavy atom. The van der Waals surface area contributed by atoms with E-state index < -0.39 is 17.9 Å². The lowest BCUT2D eigenvalue weighted by atomic mass is 10.0. The molecule has 0 aliphatic rings. The molecule has 0 aliphatic carbocycles. The summed E-state index contributed by atoms with van der Waals surface area (Å²) in [5.74, 6) is -1.70. The van der Waals surface area contributed by atoms with Crippen molar-refractivity contribution in [2.24, 2.45) is 0 Å². The molecule has 2 N–H and O–H groups in total. The Balaban J connectivity index is 1.66. The van der Waals surface area contributed by atoms with E-state index in [9.17, 15) is 14.7 Å². The predicted octanol–water partition coefficient (Wildman–Crippen LogP) is 4.24. The van der Waals surface area contributed by atoms with Crippen molar-refractivity contribution in [3.63, 3.8) is 0 Å². The maximum atomic E-state index is 12.9. The van der Waals surface area contributed by atoms with Crippen LogP contribution in [-0.2, 0) is 11.2 Å². The van der Waals surface area contributed by atoms with Crippen LogP contribution in [0.4, 0.5) is 0 Å². The maximum absolute atomic E-state index is 12.9. The molecule has 6 nitrogen and oxygen atoms in total. The van der Waals surface area contributed by atoms with E-state index in [-0.39, 0.29) is 12.1 Å². The maximum Gasteiger partial charge on any atom is 0.326 e. The fourth-order valence-electron chi connectivity index (χ4n) is 3.39. The van der Waals surface area contributed by atoms with Crippen LogP contribution in [0.25, 0.3) is 22.5 Å². The van der Waals surface area contributed by atoms with Gasteiger partial charge in [0.25, 0.3) is 5.91 Å². The van der Waals surface area contributed by atoms with Crippen molar-refractivity contribution in [1.29, 1.82) is 0 Å². The van der Waals surface area contributed by atoms with E-state index in [2.05, 4.69) is 15.3 Å². The summed E-state index contributed by atoms with van der Waals surface area (Å²) in [6, 6.07) is 27.1. The fourth-order valence-corrected chi connectivity index (χ4v) is 3.39. The number of amides is 1. The Labute approximate surface area is 185 Å². The van der Waals surface area contributed by atoms with Gasteiger partial charge in [0.15, 0.2) is 0 Å². The lowest BCUT2D eigenvalue weighted by Gasteiger charge is -2.15. The average Bonchev–Trinajstić information content (AvgIpc) is 2.85. The zero-order valence-corrected chi connectivity index (χ0v) is 17.2. The van der Waals surface area contributed by atoms with E-state index in [0.29, 0.717) is 11.4 Å². The molecule has 0 spiro atoms. The van der Waals surface area contributed by atoms with Gasteiger partial charge in [0.2, 0.25) is 0 Å². The van der Waals surface area contributed by atoms with E-state index >= 15 is 0 Å². The van der Waals surface area contributed by atoms with Gasteiger partial charge in [-0.3, -0.25) is 9.78 Å². The third-order valence-electron chi connectivity index (χ3n) is 4.99. The monoisotopic (exact) mass is 423 g/mol. The van der Waals surface area contributed by atoms with Crippen LogP contribution in [0.3, 0.4) is 0 Å². The third kappa shape index (κ3) is 4.87. The highest BCUT2D eigenvalue weighted by Crippen LogP contribution is 2.28. The summed E-state index contributed by atoms with van der Waals surface area (Å²) in [6.45, 7) is 0. The van der Waals surface area contributed by atoms with E-state index in [1.165, 1.54) is 6.20 Å². The van der Waals surface area contributed by atoms with Crippen molar-refractivity contribution in [3.8, 4) is 22.5 Å². The Bertz CT molecular complexity index is 1210. The normalized spacial score (nSPS) is 11.5. The van der Waals surface area contributed by atoms with Crippen molar-refractivity contribution >= 4 is 11.9 Å². The SMILES string of the molecule is O=C(N[C@@H](Cc1ccccc1)C(=O)O)c1cnc(-c2ccccc2)c(-c2ccccc2)n1. The van der Waals surface area contributed by atoms with Gasteiger partial charge in [-0.1, -0.05) is 91.0 Å². The van der Waals surface area contributed by atoms with Crippen LogP contribution in [0.5, 0.6) is 0 Å². The van der Waals surface area contributed by atoms with Crippen LogP contribution in [0.15, 0.2) is 97.2 Å². The molecular weight excluding hydrogens is 402 g/mol. The number of hydrogen-bond acceptors (Lipinski definition) is 4. The number of carbonyl (C=O) groups excluding carboxylic acids is 1. The molecule has 1 heterocycles. The lowest BCUT2D eigenvalue weighted by molar-refractivity contribution is -0.139. The number of nitrogens with one attached hydrogen (secondary N) is 1. The van der Waals surface area contributed by atoms with Gasteiger partial charge < -0.3 is 10.4 Å². The Morgan fingerprint density at radius 3 is 1.88 bits per heavy atom. The van der Waals surface area contributed by atoms with Crippen LogP contribution in [0, 0.1) is 0 Å². The molecule has 4 aromatic rings. The smallest absolute Gasteiger partial charge is 0.326 e. The van der Waals surface area contributed by atoms with E-state index in [4.69, 9.17) is 0 Å². The predicted molar refractivity (Wildman–Crippen MR) is 122 cm³/mol. The largest absolute Gasteiger partial charge is 0.480 e. The van der Waals surface area contributed by atoms with Crippen LogP contribution >= 0.6 is 0 Å². The standard InChI is InChI=1S/C26H21N3O3/c30-25(29-21(26(31)32)16-18-10-4-1-5-11-18)22-17-27-23(19-12-6-2-7-13-19)24(28-22)20-14-8-3-9-15-20/h1-15,17,21H,16H2,(H,29,30)(H,31,32)/t21-/m0/s1. The quantitative estimate of drug-likeness (QED) is 0.464. The Morgan fingerprint density at radius 1 is 0.781 bits per heavy atom. The van der Waals surface area contributed by atoms with E-state index in [0.717, 1.165) is 16.7 Å². The molecule has 4 rings (SSSR count). The van der Waals surface area contributed by atoms with Crippen molar-refractivity contribution in [2.45, 2.75) is 12.5 Å². The number of hydrogen-bond donors (Lipinski definition) is 2. The molecular formula is C26H21N3O3. The summed E-state index contributed by atoms with van der Waals surface area (Å²) < 4.78 is 0. The first-order valence-corrected chi connectivity index (χ1v) is 10.2. The summed E-state index contributed by atoms with van der Waals surface area (Å²) in [6.07, 6.45) is 1.55. The number of carboxylic acid groups (broad SMARTS) is 1. The molecule has 32 heavy (non-hydrogen) atoms. The molecule has 1 amide bonds. The Kier molecular flexibility index (Phi) is 6.32. The molecule has 1 atom stereocenters.